The van der Waals surface area contributed by atoms with Gasteiger partial charge in [0.05, 0.1) is 5.69 Å². The summed E-state index contributed by atoms with van der Waals surface area (Å²) in [4.78, 5) is 17.8. The third-order valence-electron chi connectivity index (χ3n) is 3.64. The van der Waals surface area contributed by atoms with Gasteiger partial charge in [-0.1, -0.05) is 58.4 Å². The first-order valence-corrected chi connectivity index (χ1v) is 9.30. The van der Waals surface area contributed by atoms with Crippen LogP contribution in [-0.4, -0.2) is 10.9 Å². The maximum Gasteiger partial charge on any atom is 0.226 e. The molecule has 1 aromatic heterocycles. The van der Waals surface area contributed by atoms with Crippen molar-refractivity contribution in [3.05, 3.63) is 69.5 Å². The van der Waals surface area contributed by atoms with Gasteiger partial charge in [-0.2, -0.15) is 0 Å². The molecule has 2 aromatic carbocycles. The Bertz CT molecular complexity index is 828. The Morgan fingerprint density at radius 2 is 1.83 bits per heavy atom. The van der Waals surface area contributed by atoms with Crippen molar-refractivity contribution in [2.45, 2.75) is 19.8 Å². The van der Waals surface area contributed by atoms with Crippen LogP contribution in [0.3, 0.4) is 0 Å². The SMILES string of the molecule is Cc1sc(NC(=O)CCc2ccccc2)nc1-c1ccc(Br)cc1. The fraction of sp³-hybridized carbons (Fsp3) is 0.158. The van der Waals surface area contributed by atoms with Crippen molar-refractivity contribution in [1.29, 1.82) is 0 Å². The second kappa shape index (κ2) is 7.73. The number of benzene rings is 2. The lowest BCUT2D eigenvalue weighted by Crippen LogP contribution is -2.12. The number of halogens is 1. The van der Waals surface area contributed by atoms with E-state index in [1.807, 2.05) is 61.5 Å². The van der Waals surface area contributed by atoms with Crippen molar-refractivity contribution in [1.82, 2.24) is 4.98 Å². The molecule has 0 aliphatic heterocycles. The number of aryl methyl sites for hydroxylation is 2. The highest BCUT2D eigenvalue weighted by molar-refractivity contribution is 9.10. The molecule has 0 saturated carbocycles. The molecule has 0 aliphatic rings. The van der Waals surface area contributed by atoms with E-state index in [1.165, 1.54) is 16.9 Å². The lowest BCUT2D eigenvalue weighted by atomic mass is 10.1. The van der Waals surface area contributed by atoms with Crippen molar-refractivity contribution in [2.75, 3.05) is 5.32 Å². The second-order valence-corrected chi connectivity index (χ2v) is 7.58. The third-order valence-corrected chi connectivity index (χ3v) is 5.06. The molecule has 1 amide bonds. The molecule has 3 aromatic rings. The van der Waals surface area contributed by atoms with Crippen molar-refractivity contribution in [2.24, 2.45) is 0 Å². The number of rotatable bonds is 5. The maximum absolute atomic E-state index is 12.1. The van der Waals surface area contributed by atoms with Crippen LogP contribution in [0.4, 0.5) is 5.13 Å². The first-order valence-electron chi connectivity index (χ1n) is 7.69. The number of anilines is 1. The van der Waals surface area contributed by atoms with Gasteiger partial charge in [0.2, 0.25) is 5.91 Å². The van der Waals surface area contributed by atoms with E-state index in [9.17, 15) is 4.79 Å². The molecule has 0 saturated heterocycles. The summed E-state index contributed by atoms with van der Waals surface area (Å²) < 4.78 is 1.04. The molecule has 0 unspecified atom stereocenters. The first-order chi connectivity index (χ1) is 11.6. The van der Waals surface area contributed by atoms with Crippen LogP contribution in [0.2, 0.25) is 0 Å². The minimum absolute atomic E-state index is 0.00467. The second-order valence-electron chi connectivity index (χ2n) is 5.46. The zero-order valence-corrected chi connectivity index (χ0v) is 15.7. The van der Waals surface area contributed by atoms with Crippen LogP contribution in [0.15, 0.2) is 59.1 Å². The number of hydrogen-bond acceptors (Lipinski definition) is 3. The van der Waals surface area contributed by atoms with Gasteiger partial charge in [-0.3, -0.25) is 4.79 Å². The topological polar surface area (TPSA) is 42.0 Å². The number of hydrogen-bond donors (Lipinski definition) is 1. The van der Waals surface area contributed by atoms with Gasteiger partial charge in [-0.25, -0.2) is 4.98 Å². The molecular formula is C19H17BrN2OS. The lowest BCUT2D eigenvalue weighted by Gasteiger charge is -2.02. The fourth-order valence-electron chi connectivity index (χ4n) is 2.41. The number of nitrogens with zero attached hydrogens (tertiary/aromatic N) is 1. The normalized spacial score (nSPS) is 10.6. The van der Waals surface area contributed by atoms with E-state index in [0.717, 1.165) is 27.0 Å². The van der Waals surface area contributed by atoms with Gasteiger partial charge < -0.3 is 5.32 Å². The van der Waals surface area contributed by atoms with Gasteiger partial charge in [0.25, 0.3) is 0 Å². The number of amides is 1. The van der Waals surface area contributed by atoms with Crippen molar-refractivity contribution < 1.29 is 4.79 Å². The molecule has 5 heteroatoms. The minimum atomic E-state index is -0.00467. The highest BCUT2D eigenvalue weighted by atomic mass is 79.9. The minimum Gasteiger partial charge on any atom is -0.302 e. The first kappa shape index (κ1) is 16.9. The number of carbonyl (C=O) groups excluding carboxylic acids is 1. The molecule has 1 heterocycles. The lowest BCUT2D eigenvalue weighted by molar-refractivity contribution is -0.116. The van der Waals surface area contributed by atoms with Crippen LogP contribution in [-0.2, 0) is 11.2 Å². The van der Waals surface area contributed by atoms with Gasteiger partial charge in [-0.15, -0.1) is 11.3 Å². The Balaban J connectivity index is 1.64. The fourth-order valence-corrected chi connectivity index (χ4v) is 3.53. The van der Waals surface area contributed by atoms with Crippen LogP contribution in [0.25, 0.3) is 11.3 Å². The molecule has 0 bridgehead atoms. The molecule has 0 aliphatic carbocycles. The molecule has 0 radical (unpaired) electrons. The third kappa shape index (κ3) is 4.30. The Hall–Kier alpha value is -1.98. The summed E-state index contributed by atoms with van der Waals surface area (Å²) in [6.07, 6.45) is 1.19. The van der Waals surface area contributed by atoms with E-state index < -0.39 is 0 Å². The highest BCUT2D eigenvalue weighted by Crippen LogP contribution is 2.31. The molecule has 1 N–H and O–H groups in total. The van der Waals surface area contributed by atoms with Crippen molar-refractivity contribution in [3.8, 4) is 11.3 Å². The number of thiazole rings is 1. The number of aromatic nitrogens is 1. The molecular weight excluding hydrogens is 384 g/mol. The smallest absolute Gasteiger partial charge is 0.226 e. The Labute approximate surface area is 153 Å². The van der Waals surface area contributed by atoms with Crippen LogP contribution in [0, 0.1) is 6.92 Å². The largest absolute Gasteiger partial charge is 0.302 e. The zero-order valence-electron chi connectivity index (χ0n) is 13.3. The number of carbonyl (C=O) groups is 1. The standard InChI is InChI=1S/C19H17BrN2OS/c1-13-18(15-8-10-16(20)11-9-15)22-19(24-13)21-17(23)12-7-14-5-3-2-4-6-14/h2-6,8-11H,7,12H2,1H3,(H,21,22,23). The van der Waals surface area contributed by atoms with E-state index in [2.05, 4.69) is 26.2 Å². The predicted molar refractivity (Wildman–Crippen MR) is 103 cm³/mol. The predicted octanol–water partition coefficient (Wildman–Crippen LogP) is 5.45. The summed E-state index contributed by atoms with van der Waals surface area (Å²) in [5.74, 6) is -0.00467. The molecule has 0 atom stereocenters. The summed E-state index contributed by atoms with van der Waals surface area (Å²) in [5.41, 5.74) is 3.14. The van der Waals surface area contributed by atoms with E-state index >= 15 is 0 Å². The quantitative estimate of drug-likeness (QED) is 0.618. The Kier molecular flexibility index (Phi) is 5.43. The molecule has 0 spiro atoms. The summed E-state index contributed by atoms with van der Waals surface area (Å²) in [5, 5.41) is 3.57. The summed E-state index contributed by atoms with van der Waals surface area (Å²) >= 11 is 4.94. The van der Waals surface area contributed by atoms with Crippen LogP contribution in [0.1, 0.15) is 16.9 Å². The van der Waals surface area contributed by atoms with Gasteiger partial charge in [0, 0.05) is 21.3 Å². The van der Waals surface area contributed by atoms with Crippen molar-refractivity contribution in [3.63, 3.8) is 0 Å². The van der Waals surface area contributed by atoms with E-state index in [4.69, 9.17) is 0 Å². The van der Waals surface area contributed by atoms with Crippen LogP contribution in [0.5, 0.6) is 0 Å². The van der Waals surface area contributed by atoms with Gasteiger partial charge in [0.1, 0.15) is 0 Å². The van der Waals surface area contributed by atoms with Crippen molar-refractivity contribution >= 4 is 38.3 Å². The molecule has 3 rings (SSSR count). The molecule has 3 nitrogen and oxygen atoms in total. The zero-order chi connectivity index (χ0) is 16.9. The average Bonchev–Trinajstić information content (AvgIpc) is 2.95. The summed E-state index contributed by atoms with van der Waals surface area (Å²) in [7, 11) is 0. The number of nitrogens with one attached hydrogen (secondary N) is 1. The highest BCUT2D eigenvalue weighted by Gasteiger charge is 2.12. The summed E-state index contributed by atoms with van der Waals surface area (Å²) in [6.45, 7) is 2.02. The van der Waals surface area contributed by atoms with Gasteiger partial charge in [-0.05, 0) is 31.0 Å². The molecule has 0 fully saturated rings. The average molecular weight is 401 g/mol. The Morgan fingerprint density at radius 3 is 2.54 bits per heavy atom. The van der Waals surface area contributed by atoms with E-state index in [-0.39, 0.29) is 5.91 Å². The van der Waals surface area contributed by atoms with Gasteiger partial charge in [0.15, 0.2) is 5.13 Å². The maximum atomic E-state index is 12.1. The monoisotopic (exact) mass is 400 g/mol. The van der Waals surface area contributed by atoms with E-state index in [1.54, 1.807) is 0 Å². The van der Waals surface area contributed by atoms with E-state index in [0.29, 0.717) is 11.6 Å². The molecule has 122 valence electrons. The van der Waals surface area contributed by atoms with Gasteiger partial charge >= 0.3 is 0 Å². The summed E-state index contributed by atoms with van der Waals surface area (Å²) in [6, 6.07) is 18.0. The molecule has 24 heavy (non-hydrogen) atoms. The van der Waals surface area contributed by atoms with Crippen LogP contribution >= 0.6 is 27.3 Å². The Morgan fingerprint density at radius 1 is 1.12 bits per heavy atom. The van der Waals surface area contributed by atoms with Crippen LogP contribution < -0.4 is 5.32 Å².